The molecule has 2 saturated heterocycles. The summed E-state index contributed by atoms with van der Waals surface area (Å²) in [6.07, 6.45) is 3.78. The van der Waals surface area contributed by atoms with Gasteiger partial charge in [0.2, 0.25) is 11.8 Å². The van der Waals surface area contributed by atoms with Gasteiger partial charge in [-0.3, -0.25) is 14.4 Å². The third kappa shape index (κ3) is 3.39. The van der Waals surface area contributed by atoms with Crippen molar-refractivity contribution in [3.05, 3.63) is 27.4 Å². The third-order valence-corrected chi connectivity index (χ3v) is 6.00. The number of rotatable bonds is 4. The number of aromatic nitrogens is 2. The van der Waals surface area contributed by atoms with Crippen molar-refractivity contribution in [2.75, 3.05) is 13.1 Å². The Balaban J connectivity index is 1.87. The molecule has 1 aromatic heterocycles. The zero-order valence-corrected chi connectivity index (χ0v) is 16.8. The first-order valence-electron chi connectivity index (χ1n) is 10.0. The number of carbonyl (C=O) groups is 2. The molecule has 2 aliphatic heterocycles. The highest BCUT2D eigenvalue weighted by Gasteiger charge is 2.52. The smallest absolute Gasteiger partial charge is 0.254 e. The number of H-pyrrole nitrogens is 1. The van der Waals surface area contributed by atoms with E-state index in [0.717, 1.165) is 19.4 Å². The van der Waals surface area contributed by atoms with Gasteiger partial charge in [0, 0.05) is 36.8 Å². The largest absolute Gasteiger partial charge is 0.338 e. The van der Waals surface area contributed by atoms with E-state index in [1.807, 2.05) is 25.7 Å². The van der Waals surface area contributed by atoms with Crippen LogP contribution >= 0.6 is 0 Å². The van der Waals surface area contributed by atoms with Crippen molar-refractivity contribution in [3.63, 3.8) is 0 Å². The van der Waals surface area contributed by atoms with Gasteiger partial charge >= 0.3 is 0 Å². The molecule has 7 nitrogen and oxygen atoms in total. The monoisotopic (exact) mass is 374 g/mol. The van der Waals surface area contributed by atoms with Gasteiger partial charge in [0.25, 0.3) is 5.56 Å². The predicted molar refractivity (Wildman–Crippen MR) is 102 cm³/mol. The Morgan fingerprint density at radius 2 is 1.89 bits per heavy atom. The lowest BCUT2D eigenvalue weighted by atomic mass is 9.84. The van der Waals surface area contributed by atoms with Crippen molar-refractivity contribution in [1.29, 1.82) is 0 Å². The minimum atomic E-state index is -0.725. The van der Waals surface area contributed by atoms with Crippen molar-refractivity contribution in [2.45, 2.75) is 77.8 Å². The molecule has 7 heteroatoms. The minimum absolute atomic E-state index is 0.00509. The lowest BCUT2D eigenvalue weighted by molar-refractivity contribution is -0.156. The number of likely N-dealkylation sites (tertiary alicyclic amines) is 2. The Hall–Kier alpha value is -2.18. The van der Waals surface area contributed by atoms with E-state index >= 15 is 0 Å². The number of piperidine rings is 1. The van der Waals surface area contributed by atoms with Crippen LogP contribution in [0.25, 0.3) is 0 Å². The molecule has 1 aromatic rings. The van der Waals surface area contributed by atoms with E-state index in [1.165, 1.54) is 0 Å². The average Bonchev–Trinajstić information content (AvgIpc) is 3.04. The standard InChI is InChI=1S/C20H30N4O3/c1-5-16-21-14(4)15(18(26)22-16)12-17(25)24-11-7-9-20(24)8-6-10-23(13(2)3)19(20)27/h13H,5-12H2,1-4H3,(H,21,22,26). The molecule has 0 aromatic carbocycles. The van der Waals surface area contributed by atoms with Gasteiger partial charge in [-0.25, -0.2) is 4.98 Å². The molecule has 1 N–H and O–H groups in total. The van der Waals surface area contributed by atoms with Gasteiger partial charge in [-0.1, -0.05) is 6.92 Å². The Morgan fingerprint density at radius 3 is 2.48 bits per heavy atom. The van der Waals surface area contributed by atoms with Crippen molar-refractivity contribution < 1.29 is 9.59 Å². The second-order valence-corrected chi connectivity index (χ2v) is 7.98. The number of carbonyl (C=O) groups excluding carboxylic acids is 2. The van der Waals surface area contributed by atoms with E-state index in [1.54, 1.807) is 11.8 Å². The SMILES string of the molecule is CCc1nc(C)c(CC(=O)N2CCCC23CCCN(C(C)C)C3=O)c(=O)[nH]1. The van der Waals surface area contributed by atoms with Gasteiger partial charge in [-0.15, -0.1) is 0 Å². The number of hydrogen-bond acceptors (Lipinski definition) is 4. The number of aromatic amines is 1. The number of nitrogens with one attached hydrogen (secondary N) is 1. The fourth-order valence-electron chi connectivity index (χ4n) is 4.53. The molecule has 0 aliphatic carbocycles. The average molecular weight is 374 g/mol. The van der Waals surface area contributed by atoms with Crippen LogP contribution < -0.4 is 5.56 Å². The van der Waals surface area contributed by atoms with E-state index in [4.69, 9.17) is 0 Å². The van der Waals surface area contributed by atoms with Gasteiger partial charge in [0.1, 0.15) is 11.4 Å². The number of amides is 2. The molecular weight excluding hydrogens is 344 g/mol. The van der Waals surface area contributed by atoms with Crippen LogP contribution in [0.3, 0.4) is 0 Å². The molecule has 27 heavy (non-hydrogen) atoms. The molecule has 2 amide bonds. The molecule has 0 bridgehead atoms. The molecule has 3 rings (SSSR count). The second-order valence-electron chi connectivity index (χ2n) is 7.98. The Kier molecular flexibility index (Phi) is 5.40. The van der Waals surface area contributed by atoms with E-state index in [9.17, 15) is 14.4 Å². The van der Waals surface area contributed by atoms with E-state index in [0.29, 0.717) is 42.9 Å². The second kappa shape index (κ2) is 7.44. The van der Waals surface area contributed by atoms with Gasteiger partial charge in [0.15, 0.2) is 0 Å². The van der Waals surface area contributed by atoms with Crippen LogP contribution in [0.5, 0.6) is 0 Å². The first-order valence-corrected chi connectivity index (χ1v) is 10.0. The number of hydrogen-bond donors (Lipinski definition) is 1. The van der Waals surface area contributed by atoms with Crippen LogP contribution in [-0.2, 0) is 22.4 Å². The lowest BCUT2D eigenvalue weighted by Gasteiger charge is -2.46. The normalized spacial score (nSPS) is 22.9. The summed E-state index contributed by atoms with van der Waals surface area (Å²) < 4.78 is 0. The van der Waals surface area contributed by atoms with Gasteiger partial charge in [-0.2, -0.15) is 0 Å². The maximum atomic E-state index is 13.2. The van der Waals surface area contributed by atoms with Crippen LogP contribution in [0.1, 0.15) is 63.5 Å². The summed E-state index contributed by atoms with van der Waals surface area (Å²) in [5.74, 6) is 0.548. The summed E-state index contributed by atoms with van der Waals surface area (Å²) in [7, 11) is 0. The zero-order chi connectivity index (χ0) is 19.8. The Labute approximate surface area is 160 Å². The van der Waals surface area contributed by atoms with Gasteiger partial charge < -0.3 is 14.8 Å². The first kappa shape index (κ1) is 19.6. The van der Waals surface area contributed by atoms with E-state index in [2.05, 4.69) is 9.97 Å². The summed E-state index contributed by atoms with van der Waals surface area (Å²) >= 11 is 0. The molecule has 0 saturated carbocycles. The fourth-order valence-corrected chi connectivity index (χ4v) is 4.53. The highest BCUT2D eigenvalue weighted by atomic mass is 16.2. The van der Waals surface area contributed by atoms with E-state index in [-0.39, 0.29) is 29.8 Å². The number of nitrogens with zero attached hydrogens (tertiary/aromatic N) is 3. The lowest BCUT2D eigenvalue weighted by Crippen LogP contribution is -2.62. The molecule has 148 valence electrons. The molecule has 0 radical (unpaired) electrons. The van der Waals surface area contributed by atoms with Gasteiger partial charge in [0.05, 0.1) is 6.42 Å². The predicted octanol–water partition coefficient (Wildman–Crippen LogP) is 1.58. The van der Waals surface area contributed by atoms with Crippen LogP contribution in [0, 0.1) is 6.92 Å². The topological polar surface area (TPSA) is 86.4 Å². The van der Waals surface area contributed by atoms with Gasteiger partial charge in [-0.05, 0) is 46.5 Å². The van der Waals surface area contributed by atoms with Crippen molar-refractivity contribution in [1.82, 2.24) is 19.8 Å². The van der Waals surface area contributed by atoms with Crippen LogP contribution in [0.4, 0.5) is 0 Å². The first-order chi connectivity index (χ1) is 12.8. The maximum Gasteiger partial charge on any atom is 0.254 e. The highest BCUT2D eigenvalue weighted by Crippen LogP contribution is 2.39. The number of aryl methyl sites for hydroxylation is 2. The fraction of sp³-hybridized carbons (Fsp3) is 0.700. The van der Waals surface area contributed by atoms with Crippen LogP contribution in [-0.4, -0.2) is 56.3 Å². The molecular formula is C20H30N4O3. The van der Waals surface area contributed by atoms with E-state index < -0.39 is 5.54 Å². The molecule has 1 atom stereocenters. The summed E-state index contributed by atoms with van der Waals surface area (Å²) in [6.45, 7) is 9.05. The third-order valence-electron chi connectivity index (χ3n) is 6.00. The summed E-state index contributed by atoms with van der Waals surface area (Å²) in [6, 6.07) is 0.128. The molecule has 1 unspecified atom stereocenters. The Bertz CT molecular complexity index is 801. The summed E-state index contributed by atoms with van der Waals surface area (Å²) in [5.41, 5.74) is 0.0239. The molecule has 1 spiro atoms. The van der Waals surface area contributed by atoms with Crippen molar-refractivity contribution in [3.8, 4) is 0 Å². The van der Waals surface area contributed by atoms with Crippen molar-refractivity contribution >= 4 is 11.8 Å². The minimum Gasteiger partial charge on any atom is -0.338 e. The summed E-state index contributed by atoms with van der Waals surface area (Å²) in [4.78, 5) is 49.5. The zero-order valence-electron chi connectivity index (χ0n) is 16.8. The van der Waals surface area contributed by atoms with Crippen LogP contribution in [0.2, 0.25) is 0 Å². The quantitative estimate of drug-likeness (QED) is 0.867. The van der Waals surface area contributed by atoms with Crippen molar-refractivity contribution in [2.24, 2.45) is 0 Å². The Morgan fingerprint density at radius 1 is 1.22 bits per heavy atom. The van der Waals surface area contributed by atoms with Crippen LogP contribution in [0.15, 0.2) is 4.79 Å². The molecule has 3 heterocycles. The summed E-state index contributed by atoms with van der Waals surface area (Å²) in [5, 5.41) is 0. The maximum absolute atomic E-state index is 13.2. The molecule has 2 fully saturated rings. The molecule has 2 aliphatic rings. The highest BCUT2D eigenvalue weighted by molar-refractivity contribution is 5.93.